The smallest absolute Gasteiger partial charge is 0.319 e. The molecule has 5 rings (SSSR count). The number of hydrogen-bond donors (Lipinski definition) is 2. The lowest BCUT2D eigenvalue weighted by molar-refractivity contribution is -0.00883. The summed E-state index contributed by atoms with van der Waals surface area (Å²) in [7, 11) is 0. The lowest BCUT2D eigenvalue weighted by Crippen LogP contribution is -2.56. The van der Waals surface area contributed by atoms with Crippen LogP contribution in [0.25, 0.3) is 0 Å². The lowest BCUT2D eigenvalue weighted by atomic mass is 9.54. The lowest BCUT2D eigenvalue weighted by Gasteiger charge is -2.54. The molecule has 0 aliphatic heterocycles. The van der Waals surface area contributed by atoms with Crippen LogP contribution in [0.2, 0.25) is 0 Å². The van der Waals surface area contributed by atoms with E-state index in [1.165, 1.54) is 43.2 Å². The fourth-order valence-corrected chi connectivity index (χ4v) is 5.57. The van der Waals surface area contributed by atoms with Gasteiger partial charge in [0.1, 0.15) is 0 Å². The number of hydrogen-bond acceptors (Lipinski definition) is 1. The Morgan fingerprint density at radius 1 is 0.870 bits per heavy atom. The molecule has 1 aromatic rings. The van der Waals surface area contributed by atoms with Crippen molar-refractivity contribution < 1.29 is 4.79 Å². The van der Waals surface area contributed by atoms with Crippen molar-refractivity contribution in [2.24, 2.45) is 23.7 Å². The molecule has 124 valence electrons. The largest absolute Gasteiger partial charge is 0.335 e. The average molecular weight is 312 g/mol. The zero-order valence-electron chi connectivity index (χ0n) is 14.5. The van der Waals surface area contributed by atoms with Gasteiger partial charge in [-0.25, -0.2) is 4.79 Å². The van der Waals surface area contributed by atoms with Crippen LogP contribution in [0.3, 0.4) is 0 Å². The number of urea groups is 1. The van der Waals surface area contributed by atoms with E-state index in [2.05, 4.69) is 43.5 Å². The van der Waals surface area contributed by atoms with Crippen molar-refractivity contribution in [1.82, 2.24) is 5.32 Å². The third-order valence-electron chi connectivity index (χ3n) is 6.61. The van der Waals surface area contributed by atoms with Crippen LogP contribution < -0.4 is 10.6 Å². The number of carbonyl (C=O) groups excluding carboxylic acids is 1. The van der Waals surface area contributed by atoms with E-state index in [0.717, 1.165) is 34.9 Å². The first-order chi connectivity index (χ1) is 11.0. The predicted octanol–water partition coefficient (Wildman–Crippen LogP) is 4.56. The Morgan fingerprint density at radius 2 is 1.43 bits per heavy atom. The third-order valence-corrected chi connectivity index (χ3v) is 6.61. The molecule has 4 fully saturated rings. The molecule has 2 N–H and O–H groups in total. The van der Waals surface area contributed by atoms with Gasteiger partial charge >= 0.3 is 6.03 Å². The molecule has 2 amide bonds. The average Bonchev–Trinajstić information content (AvgIpc) is 2.48. The fourth-order valence-electron chi connectivity index (χ4n) is 5.57. The van der Waals surface area contributed by atoms with Gasteiger partial charge in [-0.2, -0.15) is 0 Å². The van der Waals surface area contributed by atoms with E-state index in [9.17, 15) is 4.79 Å². The normalized spacial score (nSPS) is 34.5. The van der Waals surface area contributed by atoms with Gasteiger partial charge in [-0.05, 0) is 99.3 Å². The van der Waals surface area contributed by atoms with Crippen LogP contribution in [0.15, 0.2) is 12.1 Å². The first-order valence-electron chi connectivity index (χ1n) is 9.15. The van der Waals surface area contributed by atoms with E-state index in [1.807, 2.05) is 0 Å². The second-order valence-electron chi connectivity index (χ2n) is 8.31. The topological polar surface area (TPSA) is 41.1 Å². The standard InChI is InChI=1S/C20H28N2O/c1-11-4-13(3)18(5-12(11)2)21-20(23)22-19-16-7-14-6-15(9-16)10-17(19)8-14/h4-5,14-17,19H,6-10H2,1-3H3,(H2,21,22,23). The molecule has 0 unspecified atom stereocenters. The van der Waals surface area contributed by atoms with Crippen LogP contribution in [0.1, 0.15) is 48.8 Å². The van der Waals surface area contributed by atoms with Crippen molar-refractivity contribution in [3.63, 3.8) is 0 Å². The molecule has 0 saturated heterocycles. The highest BCUT2D eigenvalue weighted by Gasteiger charge is 2.48. The van der Waals surface area contributed by atoms with Gasteiger partial charge in [0.15, 0.2) is 0 Å². The second kappa shape index (κ2) is 5.54. The van der Waals surface area contributed by atoms with Crippen molar-refractivity contribution in [2.75, 3.05) is 5.32 Å². The summed E-state index contributed by atoms with van der Waals surface area (Å²) in [5, 5.41) is 6.41. The maximum absolute atomic E-state index is 12.5. The summed E-state index contributed by atoms with van der Waals surface area (Å²) in [6.45, 7) is 6.27. The summed E-state index contributed by atoms with van der Waals surface area (Å²) in [6, 6.07) is 4.61. The molecular formula is C20H28N2O. The minimum Gasteiger partial charge on any atom is -0.335 e. The highest BCUT2D eigenvalue weighted by atomic mass is 16.2. The van der Waals surface area contributed by atoms with Crippen LogP contribution >= 0.6 is 0 Å². The van der Waals surface area contributed by atoms with E-state index in [0.29, 0.717) is 6.04 Å². The molecular weight excluding hydrogens is 284 g/mol. The Morgan fingerprint density at radius 3 is 2.04 bits per heavy atom. The Bertz CT molecular complexity index is 609. The van der Waals surface area contributed by atoms with Crippen LogP contribution in [0, 0.1) is 44.4 Å². The maximum atomic E-state index is 12.5. The molecule has 0 spiro atoms. The molecule has 0 aromatic heterocycles. The summed E-state index contributed by atoms with van der Waals surface area (Å²) in [5.41, 5.74) is 4.57. The van der Waals surface area contributed by atoms with E-state index < -0.39 is 0 Å². The summed E-state index contributed by atoms with van der Waals surface area (Å²) in [4.78, 5) is 12.5. The summed E-state index contributed by atoms with van der Waals surface area (Å²) >= 11 is 0. The van der Waals surface area contributed by atoms with Crippen LogP contribution in [-0.4, -0.2) is 12.1 Å². The first-order valence-corrected chi connectivity index (χ1v) is 9.15. The van der Waals surface area contributed by atoms with E-state index in [4.69, 9.17) is 0 Å². The second-order valence-corrected chi connectivity index (χ2v) is 8.31. The van der Waals surface area contributed by atoms with Crippen molar-refractivity contribution in [3.8, 4) is 0 Å². The van der Waals surface area contributed by atoms with Crippen LogP contribution in [0.4, 0.5) is 10.5 Å². The zero-order valence-corrected chi connectivity index (χ0v) is 14.5. The Kier molecular flexibility index (Phi) is 3.62. The Labute approximate surface area is 139 Å². The van der Waals surface area contributed by atoms with Gasteiger partial charge < -0.3 is 10.6 Å². The number of nitrogens with one attached hydrogen (secondary N) is 2. The fraction of sp³-hybridized carbons (Fsp3) is 0.650. The van der Waals surface area contributed by atoms with Gasteiger partial charge in [0.25, 0.3) is 0 Å². The number of aryl methyl sites for hydroxylation is 3. The van der Waals surface area contributed by atoms with Crippen molar-refractivity contribution in [3.05, 3.63) is 28.8 Å². The van der Waals surface area contributed by atoms with Gasteiger partial charge in [-0.1, -0.05) is 6.07 Å². The maximum Gasteiger partial charge on any atom is 0.319 e. The van der Waals surface area contributed by atoms with Gasteiger partial charge in [0.05, 0.1) is 0 Å². The van der Waals surface area contributed by atoms with E-state index in [1.54, 1.807) is 0 Å². The highest BCUT2D eigenvalue weighted by Crippen LogP contribution is 2.53. The molecule has 0 radical (unpaired) electrons. The van der Waals surface area contributed by atoms with Gasteiger partial charge in [-0.3, -0.25) is 0 Å². The number of benzene rings is 1. The Hall–Kier alpha value is -1.51. The number of carbonyl (C=O) groups is 1. The van der Waals surface area contributed by atoms with Crippen LogP contribution in [0.5, 0.6) is 0 Å². The zero-order chi connectivity index (χ0) is 16.1. The van der Waals surface area contributed by atoms with E-state index >= 15 is 0 Å². The molecule has 0 atom stereocenters. The minimum absolute atomic E-state index is 0.0196. The van der Waals surface area contributed by atoms with E-state index in [-0.39, 0.29) is 6.03 Å². The van der Waals surface area contributed by atoms with Crippen molar-refractivity contribution in [2.45, 2.75) is 58.9 Å². The quantitative estimate of drug-likeness (QED) is 0.826. The molecule has 0 heterocycles. The van der Waals surface area contributed by atoms with Gasteiger partial charge in [-0.15, -0.1) is 0 Å². The SMILES string of the molecule is Cc1cc(C)c(NC(=O)NC2C3CC4CC(C3)CC2C4)cc1C. The molecule has 4 aliphatic carbocycles. The molecule has 23 heavy (non-hydrogen) atoms. The molecule has 4 bridgehead atoms. The number of amides is 2. The van der Waals surface area contributed by atoms with Crippen LogP contribution in [-0.2, 0) is 0 Å². The molecule has 3 nitrogen and oxygen atoms in total. The van der Waals surface area contributed by atoms with Gasteiger partial charge in [0, 0.05) is 11.7 Å². The number of anilines is 1. The van der Waals surface area contributed by atoms with Crippen molar-refractivity contribution >= 4 is 11.7 Å². The summed E-state index contributed by atoms with van der Waals surface area (Å²) in [6.07, 6.45) is 6.79. The minimum atomic E-state index is -0.0196. The summed E-state index contributed by atoms with van der Waals surface area (Å²) < 4.78 is 0. The summed E-state index contributed by atoms with van der Waals surface area (Å²) in [5.74, 6) is 3.33. The molecule has 3 heteroatoms. The molecule has 1 aromatic carbocycles. The Balaban J connectivity index is 1.44. The first kappa shape index (κ1) is 15.0. The predicted molar refractivity (Wildman–Crippen MR) is 93.6 cm³/mol. The molecule has 4 saturated carbocycles. The third kappa shape index (κ3) is 2.75. The number of rotatable bonds is 2. The monoisotopic (exact) mass is 312 g/mol. The van der Waals surface area contributed by atoms with Crippen molar-refractivity contribution in [1.29, 1.82) is 0 Å². The molecule has 4 aliphatic rings. The van der Waals surface area contributed by atoms with Gasteiger partial charge in [0.2, 0.25) is 0 Å². The highest BCUT2D eigenvalue weighted by molar-refractivity contribution is 5.90.